The van der Waals surface area contributed by atoms with Gasteiger partial charge in [0, 0.05) is 12.1 Å². The second kappa shape index (κ2) is 6.77. The Morgan fingerprint density at radius 3 is 2.24 bits per heavy atom. The number of ether oxygens (including phenoxy) is 1. The summed E-state index contributed by atoms with van der Waals surface area (Å²) < 4.78 is 6.17. The number of para-hydroxylation sites is 1. The molecular weight excluding hydrogens is 258 g/mol. The van der Waals surface area contributed by atoms with Gasteiger partial charge in [0.25, 0.3) is 0 Å². The van der Waals surface area contributed by atoms with Gasteiger partial charge in [0.2, 0.25) is 0 Å². The summed E-state index contributed by atoms with van der Waals surface area (Å²) in [4.78, 5) is 0. The molecule has 21 heavy (non-hydrogen) atoms. The van der Waals surface area contributed by atoms with Crippen LogP contribution in [0.25, 0.3) is 0 Å². The highest BCUT2D eigenvalue weighted by molar-refractivity contribution is 5.42. The van der Waals surface area contributed by atoms with Gasteiger partial charge in [-0.15, -0.1) is 0 Å². The summed E-state index contributed by atoms with van der Waals surface area (Å²) in [6.45, 7) is 10.00. The Morgan fingerprint density at radius 2 is 1.62 bits per heavy atom. The van der Waals surface area contributed by atoms with Crippen LogP contribution < -0.4 is 10.1 Å². The quantitative estimate of drug-likeness (QED) is 0.887. The largest absolute Gasteiger partial charge is 0.488 e. The van der Waals surface area contributed by atoms with E-state index in [-0.39, 0.29) is 0 Å². The van der Waals surface area contributed by atoms with Crippen LogP contribution in [0.4, 0.5) is 0 Å². The first-order valence-electron chi connectivity index (χ1n) is 7.45. The third-order valence-corrected chi connectivity index (χ3v) is 3.86. The van der Waals surface area contributed by atoms with Crippen molar-refractivity contribution in [2.45, 2.75) is 40.8 Å². The van der Waals surface area contributed by atoms with Crippen LogP contribution in [0.3, 0.4) is 0 Å². The van der Waals surface area contributed by atoms with Crippen LogP contribution in [-0.4, -0.2) is 7.05 Å². The predicted octanol–water partition coefficient (Wildman–Crippen LogP) is 4.22. The van der Waals surface area contributed by atoms with Gasteiger partial charge in [-0.2, -0.15) is 0 Å². The summed E-state index contributed by atoms with van der Waals surface area (Å²) in [6.07, 6.45) is 0. The van der Waals surface area contributed by atoms with Crippen molar-refractivity contribution < 1.29 is 4.74 Å². The Hall–Kier alpha value is -1.80. The Kier molecular flexibility index (Phi) is 5.03. The molecule has 0 saturated carbocycles. The van der Waals surface area contributed by atoms with E-state index in [9.17, 15) is 0 Å². The summed E-state index contributed by atoms with van der Waals surface area (Å²) in [5, 5.41) is 3.20. The van der Waals surface area contributed by atoms with Crippen LogP contribution >= 0.6 is 0 Å². The topological polar surface area (TPSA) is 21.3 Å². The average molecular weight is 283 g/mol. The third kappa shape index (κ3) is 3.64. The molecule has 0 fully saturated rings. The van der Waals surface area contributed by atoms with E-state index in [0.717, 1.165) is 12.3 Å². The Labute approximate surface area is 128 Å². The average Bonchev–Trinajstić information content (AvgIpc) is 2.40. The Bertz CT molecular complexity index is 608. The molecule has 112 valence electrons. The van der Waals surface area contributed by atoms with Gasteiger partial charge in [-0.1, -0.05) is 35.9 Å². The van der Waals surface area contributed by atoms with Crippen LogP contribution in [0.15, 0.2) is 30.3 Å². The van der Waals surface area contributed by atoms with Crippen molar-refractivity contribution in [1.29, 1.82) is 0 Å². The normalized spacial score (nSPS) is 10.7. The van der Waals surface area contributed by atoms with Gasteiger partial charge in [0.05, 0.1) is 0 Å². The fourth-order valence-corrected chi connectivity index (χ4v) is 2.83. The Balaban J connectivity index is 2.25. The van der Waals surface area contributed by atoms with E-state index >= 15 is 0 Å². The van der Waals surface area contributed by atoms with Gasteiger partial charge >= 0.3 is 0 Å². The van der Waals surface area contributed by atoms with Gasteiger partial charge < -0.3 is 10.1 Å². The van der Waals surface area contributed by atoms with Crippen molar-refractivity contribution in [3.05, 3.63) is 63.7 Å². The summed E-state index contributed by atoms with van der Waals surface area (Å²) in [5.74, 6) is 1.01. The van der Waals surface area contributed by atoms with E-state index in [2.05, 4.69) is 63.3 Å². The lowest BCUT2D eigenvalue weighted by Crippen LogP contribution is -2.09. The highest BCUT2D eigenvalue weighted by Gasteiger charge is 2.09. The molecule has 0 radical (unpaired) electrons. The minimum absolute atomic E-state index is 0.625. The highest BCUT2D eigenvalue weighted by Crippen LogP contribution is 2.26. The van der Waals surface area contributed by atoms with Crippen molar-refractivity contribution in [2.24, 2.45) is 0 Å². The monoisotopic (exact) mass is 283 g/mol. The Morgan fingerprint density at radius 1 is 0.952 bits per heavy atom. The number of rotatable bonds is 5. The maximum absolute atomic E-state index is 6.17. The molecule has 2 rings (SSSR count). The third-order valence-electron chi connectivity index (χ3n) is 3.86. The second-order valence-electron chi connectivity index (χ2n) is 5.76. The van der Waals surface area contributed by atoms with Crippen LogP contribution in [-0.2, 0) is 13.2 Å². The van der Waals surface area contributed by atoms with Crippen molar-refractivity contribution in [3.63, 3.8) is 0 Å². The van der Waals surface area contributed by atoms with Crippen LogP contribution in [0.2, 0.25) is 0 Å². The summed E-state index contributed by atoms with van der Waals surface area (Å²) >= 11 is 0. The molecule has 2 aromatic rings. The zero-order valence-electron chi connectivity index (χ0n) is 13.7. The van der Waals surface area contributed by atoms with Crippen molar-refractivity contribution >= 4 is 0 Å². The summed E-state index contributed by atoms with van der Waals surface area (Å²) in [5.41, 5.74) is 7.59. The summed E-state index contributed by atoms with van der Waals surface area (Å²) in [7, 11) is 1.96. The first kappa shape index (κ1) is 15.6. The van der Waals surface area contributed by atoms with Gasteiger partial charge in [0.15, 0.2) is 0 Å². The standard InChI is InChI=1S/C19H25NO/c1-13-9-15(3)18(16(4)10-13)12-21-19-14(2)7-6-8-17(19)11-20-5/h6-10,20H,11-12H2,1-5H3. The number of hydrogen-bond acceptors (Lipinski definition) is 2. The van der Waals surface area contributed by atoms with E-state index in [4.69, 9.17) is 4.74 Å². The minimum Gasteiger partial charge on any atom is -0.488 e. The van der Waals surface area contributed by atoms with Crippen LogP contribution in [0, 0.1) is 27.7 Å². The first-order chi connectivity index (χ1) is 10.0. The highest BCUT2D eigenvalue weighted by atomic mass is 16.5. The second-order valence-corrected chi connectivity index (χ2v) is 5.76. The molecule has 0 aliphatic heterocycles. The molecule has 0 aliphatic rings. The van der Waals surface area contributed by atoms with E-state index in [1.807, 2.05) is 7.05 Å². The molecule has 2 nitrogen and oxygen atoms in total. The fourth-order valence-electron chi connectivity index (χ4n) is 2.83. The van der Waals surface area contributed by atoms with E-state index in [1.165, 1.54) is 33.4 Å². The molecule has 2 aromatic carbocycles. The van der Waals surface area contributed by atoms with Gasteiger partial charge in [-0.25, -0.2) is 0 Å². The van der Waals surface area contributed by atoms with Crippen molar-refractivity contribution in [1.82, 2.24) is 5.32 Å². The molecule has 2 heteroatoms. The van der Waals surface area contributed by atoms with Crippen molar-refractivity contribution in [2.75, 3.05) is 7.05 Å². The SMILES string of the molecule is CNCc1cccc(C)c1OCc1c(C)cc(C)cc1C. The van der Waals surface area contributed by atoms with E-state index in [1.54, 1.807) is 0 Å². The van der Waals surface area contributed by atoms with Gasteiger partial charge in [-0.3, -0.25) is 0 Å². The molecule has 0 aliphatic carbocycles. The molecular formula is C19H25NO. The zero-order valence-corrected chi connectivity index (χ0v) is 13.7. The lowest BCUT2D eigenvalue weighted by Gasteiger charge is -2.17. The lowest BCUT2D eigenvalue weighted by molar-refractivity contribution is 0.298. The number of benzene rings is 2. The predicted molar refractivity (Wildman–Crippen MR) is 88.9 cm³/mol. The molecule has 1 N–H and O–H groups in total. The molecule has 0 heterocycles. The first-order valence-corrected chi connectivity index (χ1v) is 7.45. The zero-order chi connectivity index (χ0) is 15.4. The maximum Gasteiger partial charge on any atom is 0.127 e. The molecule has 0 amide bonds. The maximum atomic E-state index is 6.17. The van der Waals surface area contributed by atoms with Gasteiger partial charge in [-0.05, 0) is 57.0 Å². The number of nitrogens with one attached hydrogen (secondary N) is 1. The molecule has 0 saturated heterocycles. The molecule has 0 bridgehead atoms. The van der Waals surface area contributed by atoms with Gasteiger partial charge in [0.1, 0.15) is 12.4 Å². The fraction of sp³-hybridized carbons (Fsp3) is 0.368. The van der Waals surface area contributed by atoms with E-state index < -0.39 is 0 Å². The van der Waals surface area contributed by atoms with Crippen LogP contribution in [0.5, 0.6) is 5.75 Å². The lowest BCUT2D eigenvalue weighted by atomic mass is 10.0. The molecule has 0 unspecified atom stereocenters. The molecule has 0 spiro atoms. The number of aryl methyl sites for hydroxylation is 4. The molecule has 0 aromatic heterocycles. The summed E-state index contributed by atoms with van der Waals surface area (Å²) in [6, 6.07) is 10.7. The van der Waals surface area contributed by atoms with Crippen LogP contribution in [0.1, 0.15) is 33.4 Å². The smallest absolute Gasteiger partial charge is 0.127 e. The van der Waals surface area contributed by atoms with E-state index in [0.29, 0.717) is 6.61 Å². The number of hydrogen-bond donors (Lipinski definition) is 1. The van der Waals surface area contributed by atoms with Crippen molar-refractivity contribution in [3.8, 4) is 5.75 Å². The minimum atomic E-state index is 0.625. The molecule has 0 atom stereocenters.